The van der Waals surface area contributed by atoms with Gasteiger partial charge in [-0.25, -0.2) is 0 Å². The number of carbonyl (C=O) groups is 2. The molecule has 3 rings (SSSR count). The van der Waals surface area contributed by atoms with E-state index in [0.717, 1.165) is 10.9 Å². The molecule has 0 aliphatic carbocycles. The largest absolute Gasteiger partial charge is 0.351 e. The van der Waals surface area contributed by atoms with Crippen molar-refractivity contribution in [2.24, 2.45) is 5.73 Å². The first-order chi connectivity index (χ1) is 10.6. The predicted octanol–water partition coefficient (Wildman–Crippen LogP) is 0.799. The first-order valence-corrected chi connectivity index (χ1v) is 7.47. The van der Waals surface area contributed by atoms with E-state index in [-0.39, 0.29) is 11.8 Å². The van der Waals surface area contributed by atoms with Gasteiger partial charge >= 0.3 is 0 Å². The van der Waals surface area contributed by atoms with Crippen LogP contribution in [0.15, 0.2) is 30.3 Å². The zero-order chi connectivity index (χ0) is 15.7. The van der Waals surface area contributed by atoms with Gasteiger partial charge in [0.1, 0.15) is 5.69 Å². The van der Waals surface area contributed by atoms with Gasteiger partial charge in [0.15, 0.2) is 0 Å². The molecule has 1 fully saturated rings. The Labute approximate surface area is 128 Å². The van der Waals surface area contributed by atoms with Gasteiger partial charge in [0.25, 0.3) is 5.91 Å². The minimum absolute atomic E-state index is 0.0240. The number of fused-ring (bicyclic) bond motifs is 1. The van der Waals surface area contributed by atoms with E-state index >= 15 is 0 Å². The molecule has 1 aliphatic heterocycles. The third-order valence-corrected chi connectivity index (χ3v) is 4.03. The second-order valence-corrected chi connectivity index (χ2v) is 5.68. The van der Waals surface area contributed by atoms with E-state index in [9.17, 15) is 9.59 Å². The van der Waals surface area contributed by atoms with Crippen molar-refractivity contribution in [3.8, 4) is 0 Å². The number of aromatic amines is 1. The Bertz CT molecular complexity index is 666. The van der Waals surface area contributed by atoms with Crippen molar-refractivity contribution in [2.75, 3.05) is 26.2 Å². The third-order valence-electron chi connectivity index (χ3n) is 4.03. The molecule has 1 saturated heterocycles. The maximum atomic E-state index is 12.5. The number of nitrogens with zero attached hydrogens (tertiary/aromatic N) is 2. The van der Waals surface area contributed by atoms with Crippen molar-refractivity contribution in [1.82, 2.24) is 14.8 Å². The molecule has 22 heavy (non-hydrogen) atoms. The van der Waals surface area contributed by atoms with E-state index in [2.05, 4.69) is 4.98 Å². The zero-order valence-corrected chi connectivity index (χ0v) is 12.6. The molecule has 6 heteroatoms. The van der Waals surface area contributed by atoms with Gasteiger partial charge in [-0.1, -0.05) is 18.2 Å². The minimum Gasteiger partial charge on any atom is -0.351 e. The van der Waals surface area contributed by atoms with Gasteiger partial charge in [-0.2, -0.15) is 0 Å². The number of amides is 2. The summed E-state index contributed by atoms with van der Waals surface area (Å²) in [6, 6.07) is 9.19. The summed E-state index contributed by atoms with van der Waals surface area (Å²) >= 11 is 0. The van der Waals surface area contributed by atoms with Crippen LogP contribution in [0.1, 0.15) is 17.4 Å². The van der Waals surface area contributed by atoms with E-state index in [1.165, 1.54) is 0 Å². The molecular formula is C16H20N4O2. The van der Waals surface area contributed by atoms with Gasteiger partial charge in [-0.15, -0.1) is 0 Å². The molecule has 3 N–H and O–H groups in total. The first-order valence-electron chi connectivity index (χ1n) is 7.47. The highest BCUT2D eigenvalue weighted by atomic mass is 16.2. The smallest absolute Gasteiger partial charge is 0.270 e. The summed E-state index contributed by atoms with van der Waals surface area (Å²) in [4.78, 5) is 31.0. The van der Waals surface area contributed by atoms with E-state index in [0.29, 0.717) is 31.9 Å². The van der Waals surface area contributed by atoms with Gasteiger partial charge in [0.2, 0.25) is 5.91 Å². The monoisotopic (exact) mass is 300 g/mol. The van der Waals surface area contributed by atoms with E-state index in [1.54, 1.807) is 16.7 Å². The maximum Gasteiger partial charge on any atom is 0.270 e. The lowest BCUT2D eigenvalue weighted by Gasteiger charge is -2.35. The molecule has 1 aliphatic rings. The topological polar surface area (TPSA) is 82.4 Å². The summed E-state index contributed by atoms with van der Waals surface area (Å²) in [5.74, 6) is -0.0817. The van der Waals surface area contributed by atoms with Crippen molar-refractivity contribution in [3.05, 3.63) is 36.0 Å². The van der Waals surface area contributed by atoms with Crippen LogP contribution in [-0.2, 0) is 4.79 Å². The highest BCUT2D eigenvalue weighted by Crippen LogP contribution is 2.17. The number of nitrogens with one attached hydrogen (secondary N) is 1. The second-order valence-electron chi connectivity index (χ2n) is 5.68. The fourth-order valence-electron chi connectivity index (χ4n) is 2.78. The lowest BCUT2D eigenvalue weighted by molar-refractivity contribution is -0.133. The highest BCUT2D eigenvalue weighted by molar-refractivity contribution is 5.98. The highest BCUT2D eigenvalue weighted by Gasteiger charge is 2.26. The Morgan fingerprint density at radius 1 is 1.14 bits per heavy atom. The van der Waals surface area contributed by atoms with Gasteiger partial charge in [0, 0.05) is 37.1 Å². The number of hydrogen-bond donors (Lipinski definition) is 2. The Kier molecular flexibility index (Phi) is 3.85. The number of hydrogen-bond acceptors (Lipinski definition) is 3. The normalized spacial score (nSPS) is 16.8. The lowest BCUT2D eigenvalue weighted by Crippen LogP contribution is -2.53. The zero-order valence-electron chi connectivity index (χ0n) is 12.6. The summed E-state index contributed by atoms with van der Waals surface area (Å²) in [6.45, 7) is 3.82. The Balaban J connectivity index is 1.68. The number of para-hydroxylation sites is 1. The molecule has 1 atom stereocenters. The van der Waals surface area contributed by atoms with Crippen molar-refractivity contribution in [1.29, 1.82) is 0 Å². The van der Waals surface area contributed by atoms with Crippen LogP contribution in [0.25, 0.3) is 10.9 Å². The SMILES string of the molecule is C[C@H](N)C(=O)N1CCN(C(=O)c2cc3ccccc3[nH]2)CC1. The van der Waals surface area contributed by atoms with Gasteiger partial charge in [0.05, 0.1) is 6.04 Å². The average Bonchev–Trinajstić information content (AvgIpc) is 2.97. The van der Waals surface area contributed by atoms with Crippen LogP contribution < -0.4 is 5.73 Å². The Hall–Kier alpha value is -2.34. The predicted molar refractivity (Wildman–Crippen MR) is 84.4 cm³/mol. The molecule has 0 spiro atoms. The molecule has 0 unspecified atom stereocenters. The molecule has 1 aromatic carbocycles. The fraction of sp³-hybridized carbons (Fsp3) is 0.375. The van der Waals surface area contributed by atoms with Crippen molar-refractivity contribution in [3.63, 3.8) is 0 Å². The van der Waals surface area contributed by atoms with Crippen LogP contribution in [-0.4, -0.2) is 58.8 Å². The number of nitrogens with two attached hydrogens (primary N) is 1. The number of rotatable bonds is 2. The average molecular weight is 300 g/mol. The van der Waals surface area contributed by atoms with E-state index in [1.807, 2.05) is 30.3 Å². The molecule has 2 aromatic rings. The fourth-order valence-corrected chi connectivity index (χ4v) is 2.78. The third kappa shape index (κ3) is 2.69. The first kappa shape index (κ1) is 14.6. The van der Waals surface area contributed by atoms with Crippen LogP contribution in [0.5, 0.6) is 0 Å². The van der Waals surface area contributed by atoms with Gasteiger partial charge in [-0.3, -0.25) is 9.59 Å². The maximum absolute atomic E-state index is 12.5. The molecule has 116 valence electrons. The lowest BCUT2D eigenvalue weighted by atomic mass is 10.2. The molecule has 1 aromatic heterocycles. The molecule has 0 radical (unpaired) electrons. The molecule has 0 saturated carbocycles. The standard InChI is InChI=1S/C16H20N4O2/c1-11(17)15(21)19-6-8-20(9-7-19)16(22)14-10-12-4-2-3-5-13(12)18-14/h2-5,10-11,18H,6-9,17H2,1H3/t11-/m0/s1. The van der Waals surface area contributed by atoms with Crippen LogP contribution in [0.2, 0.25) is 0 Å². The summed E-state index contributed by atoms with van der Waals surface area (Å²) in [5, 5.41) is 1.02. The van der Waals surface area contributed by atoms with Crippen molar-refractivity contribution < 1.29 is 9.59 Å². The van der Waals surface area contributed by atoms with E-state index < -0.39 is 6.04 Å². The summed E-state index contributed by atoms with van der Waals surface area (Å²) in [6.07, 6.45) is 0. The molecule has 6 nitrogen and oxygen atoms in total. The summed E-state index contributed by atoms with van der Waals surface area (Å²) in [7, 11) is 0. The summed E-state index contributed by atoms with van der Waals surface area (Å²) < 4.78 is 0. The van der Waals surface area contributed by atoms with Crippen LogP contribution in [0.3, 0.4) is 0 Å². The second kappa shape index (κ2) is 5.81. The quantitative estimate of drug-likeness (QED) is 0.860. The number of piperazine rings is 1. The van der Waals surface area contributed by atoms with Gasteiger partial charge < -0.3 is 20.5 Å². The van der Waals surface area contributed by atoms with E-state index in [4.69, 9.17) is 5.73 Å². The molecule has 2 heterocycles. The summed E-state index contributed by atoms with van der Waals surface area (Å²) in [5.41, 5.74) is 7.16. The number of carbonyl (C=O) groups excluding carboxylic acids is 2. The van der Waals surface area contributed by atoms with Crippen molar-refractivity contribution in [2.45, 2.75) is 13.0 Å². The molecule has 0 bridgehead atoms. The number of benzene rings is 1. The molecular weight excluding hydrogens is 280 g/mol. The Morgan fingerprint density at radius 3 is 2.41 bits per heavy atom. The molecule has 2 amide bonds. The van der Waals surface area contributed by atoms with Crippen molar-refractivity contribution >= 4 is 22.7 Å². The van der Waals surface area contributed by atoms with Crippen LogP contribution in [0.4, 0.5) is 0 Å². The number of H-pyrrole nitrogens is 1. The van der Waals surface area contributed by atoms with Crippen LogP contribution >= 0.6 is 0 Å². The number of aromatic nitrogens is 1. The minimum atomic E-state index is -0.490. The van der Waals surface area contributed by atoms with Gasteiger partial charge in [-0.05, 0) is 19.1 Å². The Morgan fingerprint density at radius 2 is 1.77 bits per heavy atom. The van der Waals surface area contributed by atoms with Crippen LogP contribution in [0, 0.1) is 0 Å².